The van der Waals surface area contributed by atoms with Crippen LogP contribution in [0, 0.1) is 25.2 Å². The van der Waals surface area contributed by atoms with E-state index in [4.69, 9.17) is 0 Å². The summed E-state index contributed by atoms with van der Waals surface area (Å²) in [6, 6.07) is 10.0. The van der Waals surface area contributed by atoms with Gasteiger partial charge in [-0.25, -0.2) is 4.68 Å². The molecule has 1 aliphatic carbocycles. The van der Waals surface area contributed by atoms with Crippen LogP contribution in [0.2, 0.25) is 0 Å². The third-order valence-electron chi connectivity index (χ3n) is 5.65. The van der Waals surface area contributed by atoms with E-state index in [2.05, 4.69) is 15.7 Å². The topological polar surface area (TPSA) is 59.0 Å². The normalized spacial score (nSPS) is 21.7. The molecule has 1 atom stereocenters. The molecule has 1 spiro atoms. The van der Waals surface area contributed by atoms with E-state index in [1.807, 2.05) is 48.9 Å². The highest BCUT2D eigenvalue weighted by atomic mass is 16.2. The number of anilines is 1. The lowest BCUT2D eigenvalue weighted by Gasteiger charge is -2.23. The van der Waals surface area contributed by atoms with Gasteiger partial charge in [0.15, 0.2) is 0 Å². The molecule has 2 heterocycles. The molecule has 0 bridgehead atoms. The van der Waals surface area contributed by atoms with Crippen molar-refractivity contribution in [1.29, 1.82) is 0 Å². The Morgan fingerprint density at radius 2 is 1.96 bits per heavy atom. The molecule has 2 aliphatic rings. The van der Waals surface area contributed by atoms with Crippen molar-refractivity contribution < 1.29 is 4.79 Å². The Morgan fingerprint density at radius 1 is 1.25 bits per heavy atom. The van der Waals surface area contributed by atoms with E-state index < -0.39 is 0 Å². The highest BCUT2D eigenvalue weighted by molar-refractivity contribution is 5.96. The first kappa shape index (κ1) is 15.4. The van der Waals surface area contributed by atoms with Crippen molar-refractivity contribution in [2.45, 2.75) is 33.1 Å². The second-order valence-electron chi connectivity index (χ2n) is 7.15. The van der Waals surface area contributed by atoms with Crippen molar-refractivity contribution in [3.8, 4) is 5.69 Å². The van der Waals surface area contributed by atoms with Crippen LogP contribution in [0.25, 0.3) is 5.69 Å². The van der Waals surface area contributed by atoms with Crippen molar-refractivity contribution in [3.05, 3.63) is 41.7 Å². The minimum Gasteiger partial charge on any atom is -0.323 e. The number of hydrogen-bond acceptors (Lipinski definition) is 3. The Kier molecular flexibility index (Phi) is 3.68. The van der Waals surface area contributed by atoms with Gasteiger partial charge in [0, 0.05) is 5.92 Å². The Balaban J connectivity index is 1.53. The summed E-state index contributed by atoms with van der Waals surface area (Å²) in [6.07, 6.45) is 3.27. The number of para-hydroxylation sites is 1. The van der Waals surface area contributed by atoms with Crippen LogP contribution in [0.15, 0.2) is 30.3 Å². The minimum atomic E-state index is 0.163. The molecule has 1 saturated carbocycles. The number of benzene rings is 1. The monoisotopic (exact) mass is 324 g/mol. The van der Waals surface area contributed by atoms with E-state index in [0.717, 1.165) is 55.1 Å². The predicted molar refractivity (Wildman–Crippen MR) is 94.3 cm³/mol. The van der Waals surface area contributed by atoms with Crippen LogP contribution in [-0.2, 0) is 4.79 Å². The number of aromatic nitrogens is 2. The van der Waals surface area contributed by atoms with Gasteiger partial charge in [-0.2, -0.15) is 5.10 Å². The Hall–Kier alpha value is -2.14. The van der Waals surface area contributed by atoms with Gasteiger partial charge in [-0.15, -0.1) is 0 Å². The number of carbonyl (C=O) groups is 1. The number of hydrogen-bond donors (Lipinski definition) is 2. The molecule has 1 aliphatic heterocycles. The van der Waals surface area contributed by atoms with Crippen LogP contribution in [0.4, 0.5) is 5.69 Å². The van der Waals surface area contributed by atoms with Crippen LogP contribution >= 0.6 is 0 Å². The van der Waals surface area contributed by atoms with Gasteiger partial charge in [-0.1, -0.05) is 18.2 Å². The maximum atomic E-state index is 12.7. The summed E-state index contributed by atoms with van der Waals surface area (Å²) in [5, 5.41) is 11.2. The molecule has 5 nitrogen and oxygen atoms in total. The van der Waals surface area contributed by atoms with Gasteiger partial charge < -0.3 is 10.6 Å². The minimum absolute atomic E-state index is 0.163. The quantitative estimate of drug-likeness (QED) is 0.913. The molecule has 5 heteroatoms. The van der Waals surface area contributed by atoms with Gasteiger partial charge in [0.2, 0.25) is 5.91 Å². The summed E-state index contributed by atoms with van der Waals surface area (Å²) in [5.41, 5.74) is 3.98. The fourth-order valence-electron chi connectivity index (χ4n) is 4.05. The fourth-order valence-corrected chi connectivity index (χ4v) is 4.05. The zero-order valence-corrected chi connectivity index (χ0v) is 14.3. The summed E-state index contributed by atoms with van der Waals surface area (Å²) in [4.78, 5) is 12.7. The smallest absolute Gasteiger partial charge is 0.228 e. The molecule has 2 N–H and O–H groups in total. The number of aryl methyl sites for hydroxylation is 1. The highest BCUT2D eigenvalue weighted by Gasteiger charge is 2.57. The third kappa shape index (κ3) is 2.53. The SMILES string of the molecule is Cc1nn(-c2ccccc2)c(C)c1NC(=O)C1CC12CCNCC2. The van der Waals surface area contributed by atoms with E-state index in [-0.39, 0.29) is 17.2 Å². The Bertz CT molecular complexity index is 759. The number of rotatable bonds is 3. The lowest BCUT2D eigenvalue weighted by atomic mass is 9.92. The molecular weight excluding hydrogens is 300 g/mol. The first-order valence-corrected chi connectivity index (χ1v) is 8.74. The molecule has 4 rings (SSSR count). The second kappa shape index (κ2) is 5.74. The van der Waals surface area contributed by atoms with Crippen LogP contribution in [0.3, 0.4) is 0 Å². The molecule has 1 saturated heterocycles. The highest BCUT2D eigenvalue weighted by Crippen LogP contribution is 2.58. The van der Waals surface area contributed by atoms with Crippen molar-refractivity contribution >= 4 is 11.6 Å². The molecule has 1 amide bonds. The lowest BCUT2D eigenvalue weighted by molar-refractivity contribution is -0.118. The van der Waals surface area contributed by atoms with Gasteiger partial charge in [-0.3, -0.25) is 4.79 Å². The summed E-state index contributed by atoms with van der Waals surface area (Å²) in [5.74, 6) is 0.328. The van der Waals surface area contributed by atoms with E-state index in [1.165, 1.54) is 0 Å². The maximum Gasteiger partial charge on any atom is 0.228 e. The number of carbonyl (C=O) groups excluding carboxylic acids is 1. The zero-order chi connectivity index (χ0) is 16.7. The first-order chi connectivity index (χ1) is 11.6. The standard InChI is InChI=1S/C19H24N4O/c1-13-17(14(2)23(22-13)15-6-4-3-5-7-15)21-18(24)16-12-19(16)8-10-20-11-9-19/h3-7,16,20H,8-12H2,1-2H3,(H,21,24). The zero-order valence-electron chi connectivity index (χ0n) is 14.3. The largest absolute Gasteiger partial charge is 0.323 e. The maximum absolute atomic E-state index is 12.7. The molecule has 1 unspecified atom stereocenters. The van der Waals surface area contributed by atoms with Gasteiger partial charge in [0.25, 0.3) is 0 Å². The van der Waals surface area contributed by atoms with Crippen molar-refractivity contribution in [2.75, 3.05) is 18.4 Å². The van der Waals surface area contributed by atoms with E-state index in [1.54, 1.807) is 0 Å². The first-order valence-electron chi connectivity index (χ1n) is 8.74. The lowest BCUT2D eigenvalue weighted by Crippen LogP contribution is -2.31. The second-order valence-corrected chi connectivity index (χ2v) is 7.15. The molecule has 0 radical (unpaired) electrons. The van der Waals surface area contributed by atoms with Gasteiger partial charge in [-0.05, 0) is 63.7 Å². The number of nitrogens with zero attached hydrogens (tertiary/aromatic N) is 2. The molecular formula is C19H24N4O. The molecule has 1 aromatic carbocycles. The van der Waals surface area contributed by atoms with Gasteiger partial charge in [0.1, 0.15) is 0 Å². The Labute approximate surface area is 142 Å². The van der Waals surface area contributed by atoms with Crippen LogP contribution in [-0.4, -0.2) is 28.8 Å². The van der Waals surface area contributed by atoms with Crippen LogP contribution in [0.5, 0.6) is 0 Å². The van der Waals surface area contributed by atoms with E-state index in [0.29, 0.717) is 0 Å². The number of piperidine rings is 1. The van der Waals surface area contributed by atoms with Gasteiger partial charge >= 0.3 is 0 Å². The average molecular weight is 324 g/mol. The number of nitrogens with one attached hydrogen (secondary N) is 2. The number of amides is 1. The summed E-state index contributed by atoms with van der Waals surface area (Å²) < 4.78 is 1.90. The molecule has 1 aromatic heterocycles. The summed E-state index contributed by atoms with van der Waals surface area (Å²) >= 11 is 0. The molecule has 24 heavy (non-hydrogen) atoms. The van der Waals surface area contributed by atoms with Crippen LogP contribution < -0.4 is 10.6 Å². The van der Waals surface area contributed by atoms with Crippen LogP contribution in [0.1, 0.15) is 30.7 Å². The summed E-state index contributed by atoms with van der Waals surface area (Å²) in [7, 11) is 0. The fraction of sp³-hybridized carbons (Fsp3) is 0.474. The van der Waals surface area contributed by atoms with E-state index in [9.17, 15) is 4.79 Å². The summed E-state index contributed by atoms with van der Waals surface area (Å²) in [6.45, 7) is 6.03. The van der Waals surface area contributed by atoms with Crippen molar-refractivity contribution in [1.82, 2.24) is 15.1 Å². The van der Waals surface area contributed by atoms with Gasteiger partial charge in [0.05, 0.1) is 22.8 Å². The Morgan fingerprint density at radius 3 is 2.67 bits per heavy atom. The van der Waals surface area contributed by atoms with E-state index >= 15 is 0 Å². The molecule has 126 valence electrons. The third-order valence-corrected chi connectivity index (χ3v) is 5.65. The van der Waals surface area contributed by atoms with Crippen molar-refractivity contribution in [3.63, 3.8) is 0 Å². The molecule has 2 aromatic rings. The molecule has 2 fully saturated rings. The average Bonchev–Trinajstić information content (AvgIpc) is 3.23. The van der Waals surface area contributed by atoms with Crippen molar-refractivity contribution in [2.24, 2.45) is 11.3 Å². The predicted octanol–water partition coefficient (Wildman–Crippen LogP) is 2.82.